The molecule has 11 heteroatoms. The lowest BCUT2D eigenvalue weighted by Gasteiger charge is -2.13. The fourth-order valence-electron chi connectivity index (χ4n) is 2.60. The zero-order valence-corrected chi connectivity index (χ0v) is 14.9. The molecular weight excluding hydrogens is 360 g/mol. The molecule has 1 fully saturated rings. The number of nitrogens with zero attached hydrogens (tertiary/aromatic N) is 2. The monoisotopic (exact) mass is 382 g/mol. The number of hydrogen-bond donors (Lipinski definition) is 5. The van der Waals surface area contributed by atoms with Crippen LogP contribution >= 0.6 is 11.3 Å². The Morgan fingerprint density at radius 3 is 2.81 bits per heavy atom. The highest BCUT2D eigenvalue weighted by Gasteiger charge is 2.24. The third-order valence-corrected chi connectivity index (χ3v) is 4.73. The Balaban J connectivity index is 1.89. The Morgan fingerprint density at radius 2 is 2.23 bits per heavy atom. The van der Waals surface area contributed by atoms with Gasteiger partial charge in [-0.25, -0.2) is 14.8 Å². The van der Waals surface area contributed by atoms with Gasteiger partial charge >= 0.3 is 5.97 Å². The van der Waals surface area contributed by atoms with E-state index >= 15 is 0 Å². The van der Waals surface area contributed by atoms with Crippen LogP contribution in [-0.4, -0.2) is 58.9 Å². The minimum atomic E-state index is -1.21. The highest BCUT2D eigenvalue weighted by atomic mass is 32.1. The lowest BCUT2D eigenvalue weighted by molar-refractivity contribution is -0.122. The topological polar surface area (TPSA) is 173 Å². The van der Waals surface area contributed by atoms with Gasteiger partial charge in [-0.1, -0.05) is 0 Å². The number of hydrogen-bond acceptors (Lipinski definition) is 7. The molecule has 1 unspecified atom stereocenters. The molecule has 1 amide bonds. The molecule has 0 spiro atoms. The number of carboxylic acid groups (broad SMARTS) is 1. The zero-order valence-electron chi connectivity index (χ0n) is 14.1. The maximum absolute atomic E-state index is 12.5. The lowest BCUT2D eigenvalue weighted by atomic mass is 10.1. The van der Waals surface area contributed by atoms with Crippen molar-refractivity contribution in [2.75, 3.05) is 13.1 Å². The smallest absolute Gasteiger partial charge is 0.355 e. The number of amides is 1. The first kappa shape index (κ1) is 19.8. The van der Waals surface area contributed by atoms with Crippen LogP contribution in [-0.2, 0) is 4.79 Å². The minimum absolute atomic E-state index is 0.0385. The maximum atomic E-state index is 12.5. The molecule has 0 aromatic carbocycles. The van der Waals surface area contributed by atoms with Crippen molar-refractivity contribution in [3.05, 3.63) is 16.1 Å². The molecular formula is C15H22N6O4S. The van der Waals surface area contributed by atoms with E-state index in [1.807, 2.05) is 0 Å². The van der Waals surface area contributed by atoms with Crippen molar-refractivity contribution < 1.29 is 19.5 Å². The van der Waals surface area contributed by atoms with E-state index in [0.29, 0.717) is 19.4 Å². The van der Waals surface area contributed by atoms with Gasteiger partial charge in [0.05, 0.1) is 6.04 Å². The molecule has 1 aromatic heterocycles. The summed E-state index contributed by atoms with van der Waals surface area (Å²) in [6.07, 6.45) is 2.59. The van der Waals surface area contributed by atoms with Crippen LogP contribution in [0.15, 0.2) is 10.4 Å². The molecule has 0 radical (unpaired) electrons. The van der Waals surface area contributed by atoms with Crippen LogP contribution in [0, 0.1) is 0 Å². The number of guanidine groups is 1. The van der Waals surface area contributed by atoms with E-state index in [2.05, 4.69) is 20.6 Å². The van der Waals surface area contributed by atoms with E-state index in [4.69, 9.17) is 16.6 Å². The maximum Gasteiger partial charge on any atom is 0.355 e. The minimum Gasteiger partial charge on any atom is -0.476 e. The van der Waals surface area contributed by atoms with Gasteiger partial charge in [0, 0.05) is 11.9 Å². The summed E-state index contributed by atoms with van der Waals surface area (Å²) in [5, 5.41) is 16.2. The summed E-state index contributed by atoms with van der Waals surface area (Å²) in [4.78, 5) is 43.0. The Bertz CT molecular complexity index is 694. The van der Waals surface area contributed by atoms with Crippen molar-refractivity contribution in [2.24, 2.45) is 16.5 Å². The van der Waals surface area contributed by atoms with E-state index in [-0.39, 0.29) is 28.6 Å². The van der Waals surface area contributed by atoms with Crippen LogP contribution in [0.1, 0.15) is 46.0 Å². The Hall–Kier alpha value is -2.53. The van der Waals surface area contributed by atoms with E-state index < -0.39 is 17.8 Å². The van der Waals surface area contributed by atoms with Crippen molar-refractivity contribution >= 4 is 35.0 Å². The second kappa shape index (κ2) is 9.25. The second-order valence-corrected chi connectivity index (χ2v) is 6.72. The number of carboxylic acids is 1. The number of carbonyl (C=O) groups is 3. The highest BCUT2D eigenvalue weighted by Crippen LogP contribution is 2.16. The standard InChI is InChI=1S/C15H22N6O4S/c16-15(17)21-8(11(22)13-20-10(7-26-13)14(24)25)3-1-6-19-12(23)9-4-2-5-18-9/h7-9,18H,1-6H2,(H,19,23)(H,24,25)(H4,16,17,21)/t8?,9-/m0/s1. The molecule has 10 nitrogen and oxygen atoms in total. The first-order valence-corrected chi connectivity index (χ1v) is 9.09. The summed E-state index contributed by atoms with van der Waals surface area (Å²) in [5.41, 5.74) is 10.6. The Labute approximate surface area is 154 Å². The van der Waals surface area contributed by atoms with Gasteiger partial charge in [-0.15, -0.1) is 11.3 Å². The first-order chi connectivity index (χ1) is 12.4. The fourth-order valence-corrected chi connectivity index (χ4v) is 3.38. The van der Waals surface area contributed by atoms with Gasteiger partial charge in [-0.3, -0.25) is 9.59 Å². The number of nitrogens with one attached hydrogen (secondary N) is 2. The number of ketones is 1. The molecule has 2 heterocycles. The van der Waals surface area contributed by atoms with E-state index in [9.17, 15) is 14.4 Å². The number of thiazole rings is 1. The average Bonchev–Trinajstić information content (AvgIpc) is 3.28. The lowest BCUT2D eigenvalue weighted by Crippen LogP contribution is -2.41. The zero-order chi connectivity index (χ0) is 19.1. The number of rotatable bonds is 9. The van der Waals surface area contributed by atoms with Crippen LogP contribution in [0.4, 0.5) is 0 Å². The number of carbonyl (C=O) groups excluding carboxylic acids is 2. The van der Waals surface area contributed by atoms with Crippen molar-refractivity contribution in [3.8, 4) is 0 Å². The molecule has 0 bridgehead atoms. The summed E-state index contributed by atoms with van der Waals surface area (Å²) < 4.78 is 0. The van der Waals surface area contributed by atoms with E-state index in [1.165, 1.54) is 5.38 Å². The van der Waals surface area contributed by atoms with Crippen LogP contribution in [0.3, 0.4) is 0 Å². The van der Waals surface area contributed by atoms with Gasteiger partial charge < -0.3 is 27.2 Å². The number of Topliss-reactive ketones (excluding diaryl/α,β-unsaturated/α-hetero) is 1. The van der Waals surface area contributed by atoms with E-state index in [1.54, 1.807) is 0 Å². The van der Waals surface area contributed by atoms with Gasteiger partial charge in [0.1, 0.15) is 6.04 Å². The van der Waals surface area contributed by atoms with Crippen LogP contribution in [0.25, 0.3) is 0 Å². The summed E-state index contributed by atoms with van der Waals surface area (Å²) in [5.74, 6) is -1.95. The summed E-state index contributed by atoms with van der Waals surface area (Å²) in [6.45, 7) is 1.23. The molecule has 26 heavy (non-hydrogen) atoms. The molecule has 0 aliphatic carbocycles. The molecule has 1 saturated heterocycles. The third kappa shape index (κ3) is 5.49. The molecule has 0 saturated carbocycles. The molecule has 1 aromatic rings. The molecule has 2 atom stereocenters. The molecule has 142 valence electrons. The van der Waals surface area contributed by atoms with Crippen molar-refractivity contribution in [1.82, 2.24) is 15.6 Å². The highest BCUT2D eigenvalue weighted by molar-refractivity contribution is 7.12. The summed E-state index contributed by atoms with van der Waals surface area (Å²) in [7, 11) is 0. The number of aromatic carboxylic acids is 1. The summed E-state index contributed by atoms with van der Waals surface area (Å²) in [6, 6.07) is -1.02. The normalized spacial score (nSPS) is 17.5. The van der Waals surface area contributed by atoms with Crippen LogP contribution in [0.2, 0.25) is 0 Å². The van der Waals surface area contributed by atoms with Crippen molar-refractivity contribution in [1.29, 1.82) is 0 Å². The SMILES string of the molecule is NC(N)=NC(CCCNC(=O)[C@@H]1CCCN1)C(=O)c1nc(C(=O)O)cs1. The number of aliphatic imine (C=N–C) groups is 1. The van der Waals surface area contributed by atoms with Gasteiger partial charge in [0.25, 0.3) is 0 Å². The van der Waals surface area contributed by atoms with Crippen LogP contribution < -0.4 is 22.1 Å². The molecule has 1 aliphatic rings. The largest absolute Gasteiger partial charge is 0.476 e. The third-order valence-electron chi connectivity index (χ3n) is 3.87. The van der Waals surface area contributed by atoms with Crippen molar-refractivity contribution in [3.63, 3.8) is 0 Å². The molecule has 1 aliphatic heterocycles. The summed E-state index contributed by atoms with van der Waals surface area (Å²) >= 11 is 0.932. The second-order valence-electron chi connectivity index (χ2n) is 5.86. The predicted octanol–water partition coefficient (Wildman–Crippen LogP) is -0.686. The number of aromatic nitrogens is 1. The van der Waals surface area contributed by atoms with Crippen LogP contribution in [0.5, 0.6) is 0 Å². The van der Waals surface area contributed by atoms with Gasteiger partial charge in [-0.2, -0.15) is 0 Å². The molecule has 2 rings (SSSR count). The Kier molecular flexibility index (Phi) is 7.04. The average molecular weight is 382 g/mol. The Morgan fingerprint density at radius 1 is 1.46 bits per heavy atom. The first-order valence-electron chi connectivity index (χ1n) is 8.21. The van der Waals surface area contributed by atoms with Gasteiger partial charge in [-0.05, 0) is 32.2 Å². The predicted molar refractivity (Wildman–Crippen MR) is 96.3 cm³/mol. The van der Waals surface area contributed by atoms with Gasteiger partial charge in [0.2, 0.25) is 11.7 Å². The number of nitrogens with two attached hydrogens (primary N) is 2. The van der Waals surface area contributed by atoms with E-state index in [0.717, 1.165) is 30.7 Å². The van der Waals surface area contributed by atoms with Crippen molar-refractivity contribution in [2.45, 2.75) is 37.8 Å². The quantitative estimate of drug-likeness (QED) is 0.162. The molecule has 7 N–H and O–H groups in total. The van der Waals surface area contributed by atoms with Gasteiger partial charge in [0.15, 0.2) is 16.7 Å². The fraction of sp³-hybridized carbons (Fsp3) is 0.533.